The third kappa shape index (κ3) is 1.59. The monoisotopic (exact) mass is 154 g/mol. The van der Waals surface area contributed by atoms with Crippen molar-refractivity contribution in [2.75, 3.05) is 0 Å². The highest BCUT2D eigenvalue weighted by molar-refractivity contribution is 6.03. The molecule has 3 nitrogen and oxygen atoms in total. The van der Waals surface area contributed by atoms with Crippen molar-refractivity contribution in [1.29, 1.82) is 0 Å². The van der Waals surface area contributed by atoms with Crippen LogP contribution in [0.5, 0.6) is 0 Å². The van der Waals surface area contributed by atoms with E-state index < -0.39 is 0 Å². The number of rotatable bonds is 2. The van der Waals surface area contributed by atoms with Crippen molar-refractivity contribution in [3.63, 3.8) is 0 Å². The Kier molecular flexibility index (Phi) is 2.27. The van der Waals surface area contributed by atoms with Crippen molar-refractivity contribution in [2.24, 2.45) is 5.10 Å². The average Bonchev–Trinajstić information content (AvgIpc) is 2.28. The third-order valence-electron chi connectivity index (χ3n) is 1.95. The van der Waals surface area contributed by atoms with Gasteiger partial charge in [-0.1, -0.05) is 6.92 Å². The number of nitrogens with zero attached hydrogens (tertiary/aromatic N) is 2. The Bertz CT molecular complexity index is 198. The zero-order valence-electron chi connectivity index (χ0n) is 7.29. The molecule has 0 saturated carbocycles. The molecule has 0 spiro atoms. The predicted octanol–water partition coefficient (Wildman–Crippen LogP) is 1.39. The van der Waals surface area contributed by atoms with E-state index in [1.54, 1.807) is 5.01 Å². The quantitative estimate of drug-likeness (QED) is 0.591. The molecule has 0 aromatic heterocycles. The van der Waals surface area contributed by atoms with E-state index in [4.69, 9.17) is 0 Å². The Balaban J connectivity index is 2.65. The van der Waals surface area contributed by atoms with E-state index in [1.165, 1.54) is 0 Å². The summed E-state index contributed by atoms with van der Waals surface area (Å²) >= 11 is 0. The minimum absolute atomic E-state index is 0.136. The maximum Gasteiger partial charge on any atom is 0.248 e. The van der Waals surface area contributed by atoms with Gasteiger partial charge in [-0.3, -0.25) is 4.79 Å². The molecule has 0 saturated heterocycles. The highest BCUT2D eigenvalue weighted by atomic mass is 16.2. The molecule has 3 heteroatoms. The standard InChI is InChI=1S/C8H14N2O/c1-4-7(3)10-8(11)5-6(2)9-10/h7H,4-5H2,1-3H3. The van der Waals surface area contributed by atoms with Crippen molar-refractivity contribution in [3.05, 3.63) is 0 Å². The minimum atomic E-state index is 0.136. The molecule has 1 unspecified atom stereocenters. The Hall–Kier alpha value is -0.860. The zero-order chi connectivity index (χ0) is 8.43. The summed E-state index contributed by atoms with van der Waals surface area (Å²) in [5.74, 6) is 0.136. The van der Waals surface area contributed by atoms with Crippen molar-refractivity contribution in [2.45, 2.75) is 39.7 Å². The maximum atomic E-state index is 11.2. The summed E-state index contributed by atoms with van der Waals surface area (Å²) in [6, 6.07) is 0.250. The fourth-order valence-electron chi connectivity index (χ4n) is 1.09. The van der Waals surface area contributed by atoms with Gasteiger partial charge in [0.1, 0.15) is 0 Å². The number of carbonyl (C=O) groups is 1. The first-order valence-corrected chi connectivity index (χ1v) is 4.01. The van der Waals surface area contributed by atoms with Gasteiger partial charge in [-0.2, -0.15) is 5.10 Å². The van der Waals surface area contributed by atoms with Crippen molar-refractivity contribution < 1.29 is 4.79 Å². The number of hydrogen-bond acceptors (Lipinski definition) is 2. The lowest BCUT2D eigenvalue weighted by Gasteiger charge is -2.18. The van der Waals surface area contributed by atoms with Crippen LogP contribution in [0.15, 0.2) is 5.10 Å². The van der Waals surface area contributed by atoms with Gasteiger partial charge in [-0.25, -0.2) is 5.01 Å². The molecule has 1 aliphatic rings. The molecule has 0 aromatic carbocycles. The maximum absolute atomic E-state index is 11.2. The summed E-state index contributed by atoms with van der Waals surface area (Å²) in [5, 5.41) is 5.73. The molecule has 0 bridgehead atoms. The lowest BCUT2D eigenvalue weighted by atomic mass is 10.2. The second kappa shape index (κ2) is 3.03. The highest BCUT2D eigenvalue weighted by Gasteiger charge is 2.24. The molecule has 62 valence electrons. The molecule has 1 rings (SSSR count). The van der Waals surface area contributed by atoms with Crippen LogP contribution < -0.4 is 0 Å². The first-order valence-electron chi connectivity index (χ1n) is 4.01. The first-order chi connectivity index (χ1) is 5.15. The van der Waals surface area contributed by atoms with E-state index in [1.807, 2.05) is 13.8 Å². The van der Waals surface area contributed by atoms with Gasteiger partial charge in [-0.05, 0) is 20.3 Å². The zero-order valence-corrected chi connectivity index (χ0v) is 7.29. The van der Waals surface area contributed by atoms with Crippen molar-refractivity contribution in [3.8, 4) is 0 Å². The largest absolute Gasteiger partial charge is 0.273 e. The molecule has 1 heterocycles. The number of hydrazone groups is 1. The Morgan fingerprint density at radius 1 is 1.73 bits per heavy atom. The summed E-state index contributed by atoms with van der Waals surface area (Å²) in [7, 11) is 0. The number of hydrogen-bond donors (Lipinski definition) is 0. The summed E-state index contributed by atoms with van der Waals surface area (Å²) in [6.45, 7) is 5.96. The van der Waals surface area contributed by atoms with Gasteiger partial charge in [0.25, 0.3) is 0 Å². The molecule has 1 atom stereocenters. The lowest BCUT2D eigenvalue weighted by molar-refractivity contribution is -0.130. The van der Waals surface area contributed by atoms with E-state index >= 15 is 0 Å². The van der Waals surface area contributed by atoms with Crippen molar-refractivity contribution in [1.82, 2.24) is 5.01 Å². The smallest absolute Gasteiger partial charge is 0.248 e. The average molecular weight is 154 g/mol. The van der Waals surface area contributed by atoms with Crippen LogP contribution in [0.1, 0.15) is 33.6 Å². The molecule has 0 aromatic rings. The molecule has 0 radical (unpaired) electrons. The summed E-state index contributed by atoms with van der Waals surface area (Å²) in [5.41, 5.74) is 0.926. The summed E-state index contributed by atoms with van der Waals surface area (Å²) in [6.07, 6.45) is 1.47. The predicted molar refractivity (Wildman–Crippen MR) is 44.3 cm³/mol. The molecule has 0 N–H and O–H groups in total. The molecule has 0 fully saturated rings. The topological polar surface area (TPSA) is 32.7 Å². The molecular formula is C8H14N2O. The fraction of sp³-hybridized carbons (Fsp3) is 0.750. The summed E-state index contributed by atoms with van der Waals surface area (Å²) in [4.78, 5) is 11.2. The minimum Gasteiger partial charge on any atom is -0.273 e. The van der Waals surface area contributed by atoms with E-state index in [9.17, 15) is 4.79 Å². The second-order valence-electron chi connectivity index (χ2n) is 3.01. The Morgan fingerprint density at radius 2 is 2.36 bits per heavy atom. The van der Waals surface area contributed by atoms with Gasteiger partial charge in [-0.15, -0.1) is 0 Å². The van der Waals surface area contributed by atoms with Crippen LogP contribution in [0.25, 0.3) is 0 Å². The van der Waals surface area contributed by atoms with Crippen LogP contribution in [0.3, 0.4) is 0 Å². The number of carbonyl (C=O) groups excluding carboxylic acids is 1. The lowest BCUT2D eigenvalue weighted by Crippen LogP contribution is -2.29. The van der Waals surface area contributed by atoms with E-state index in [-0.39, 0.29) is 11.9 Å². The van der Waals surface area contributed by atoms with Crippen LogP contribution in [0.4, 0.5) is 0 Å². The van der Waals surface area contributed by atoms with E-state index in [0.717, 1.165) is 12.1 Å². The van der Waals surface area contributed by atoms with Crippen LogP contribution in [-0.2, 0) is 4.79 Å². The normalized spacial score (nSPS) is 20.5. The Labute approximate surface area is 67.1 Å². The van der Waals surface area contributed by atoms with Crippen molar-refractivity contribution >= 4 is 11.6 Å². The molecule has 11 heavy (non-hydrogen) atoms. The van der Waals surface area contributed by atoms with E-state index in [0.29, 0.717) is 6.42 Å². The van der Waals surface area contributed by atoms with Crippen LogP contribution in [-0.4, -0.2) is 22.7 Å². The van der Waals surface area contributed by atoms with Crippen LogP contribution >= 0.6 is 0 Å². The Morgan fingerprint density at radius 3 is 2.73 bits per heavy atom. The van der Waals surface area contributed by atoms with E-state index in [2.05, 4.69) is 12.0 Å². The molecule has 0 aliphatic carbocycles. The van der Waals surface area contributed by atoms with Gasteiger partial charge >= 0.3 is 0 Å². The molecule has 1 aliphatic heterocycles. The summed E-state index contributed by atoms with van der Waals surface area (Å²) < 4.78 is 0. The van der Waals surface area contributed by atoms with Gasteiger partial charge < -0.3 is 0 Å². The molecular weight excluding hydrogens is 140 g/mol. The number of amides is 1. The van der Waals surface area contributed by atoms with Gasteiger partial charge in [0.2, 0.25) is 5.91 Å². The van der Waals surface area contributed by atoms with Crippen LogP contribution in [0.2, 0.25) is 0 Å². The van der Waals surface area contributed by atoms with Gasteiger partial charge in [0, 0.05) is 5.71 Å². The molecule has 1 amide bonds. The SMILES string of the molecule is CCC(C)N1N=C(C)CC1=O. The first kappa shape index (κ1) is 8.24. The van der Waals surface area contributed by atoms with Gasteiger partial charge in [0.05, 0.1) is 12.5 Å². The second-order valence-corrected chi connectivity index (χ2v) is 3.01. The third-order valence-corrected chi connectivity index (χ3v) is 1.95. The van der Waals surface area contributed by atoms with Crippen LogP contribution in [0, 0.1) is 0 Å². The fourth-order valence-corrected chi connectivity index (χ4v) is 1.09. The van der Waals surface area contributed by atoms with Gasteiger partial charge in [0.15, 0.2) is 0 Å². The highest BCUT2D eigenvalue weighted by Crippen LogP contribution is 2.13.